The molecule has 3 fully saturated rings. The lowest BCUT2D eigenvalue weighted by Gasteiger charge is -2.41. The van der Waals surface area contributed by atoms with Gasteiger partial charge in [0.15, 0.2) is 0 Å². The van der Waals surface area contributed by atoms with E-state index in [2.05, 4.69) is 43.3 Å². The summed E-state index contributed by atoms with van der Waals surface area (Å²) in [6.07, 6.45) is 24.6. The van der Waals surface area contributed by atoms with Gasteiger partial charge in [-0.2, -0.15) is 0 Å². The van der Waals surface area contributed by atoms with Crippen LogP contribution in [0.5, 0.6) is 0 Å². The van der Waals surface area contributed by atoms with Crippen molar-refractivity contribution in [2.45, 2.75) is 109 Å². The van der Waals surface area contributed by atoms with Crippen molar-refractivity contribution in [1.82, 2.24) is 0 Å². The fourth-order valence-corrected chi connectivity index (χ4v) is 7.49. The maximum absolute atomic E-state index is 12.6. The van der Waals surface area contributed by atoms with Crippen LogP contribution >= 0.6 is 0 Å². The molecule has 0 spiro atoms. The normalized spacial score (nSPS) is 34.1. The number of allylic oxidation sites excluding steroid dienone is 2. The molecule has 3 aliphatic carbocycles. The summed E-state index contributed by atoms with van der Waals surface area (Å²) < 4.78 is 12.6. The van der Waals surface area contributed by atoms with Crippen LogP contribution in [0.2, 0.25) is 0 Å². The van der Waals surface area contributed by atoms with Gasteiger partial charge in [0, 0.05) is 0 Å². The van der Waals surface area contributed by atoms with Crippen LogP contribution in [0.4, 0.5) is 4.39 Å². The summed E-state index contributed by atoms with van der Waals surface area (Å²) >= 11 is 0. The Morgan fingerprint density at radius 2 is 1.22 bits per heavy atom. The van der Waals surface area contributed by atoms with Crippen molar-refractivity contribution in [2.24, 2.45) is 29.6 Å². The highest BCUT2D eigenvalue weighted by Gasteiger charge is 2.34. The fraction of sp³-hybridized carbons (Fsp3) is 0.742. The largest absolute Gasteiger partial charge is 0.251 e. The summed E-state index contributed by atoms with van der Waals surface area (Å²) in [6, 6.07) is 9.58. The molecule has 32 heavy (non-hydrogen) atoms. The second-order valence-electron chi connectivity index (χ2n) is 11.4. The Bertz CT molecular complexity index is 665. The molecular weight excluding hydrogens is 391 g/mol. The third-order valence-electron chi connectivity index (χ3n) is 9.62. The molecule has 0 radical (unpaired) electrons. The topological polar surface area (TPSA) is 0 Å². The summed E-state index contributed by atoms with van der Waals surface area (Å²) in [6.45, 7) is 2.00. The van der Waals surface area contributed by atoms with E-state index in [0.29, 0.717) is 5.92 Å². The molecule has 0 saturated heterocycles. The Morgan fingerprint density at radius 3 is 1.72 bits per heavy atom. The minimum atomic E-state index is -0.106. The smallest absolute Gasteiger partial charge is 0.0897 e. The lowest BCUT2D eigenvalue weighted by molar-refractivity contribution is 0.108. The molecule has 3 aliphatic rings. The molecule has 3 saturated carbocycles. The predicted molar refractivity (Wildman–Crippen MR) is 136 cm³/mol. The highest BCUT2D eigenvalue weighted by molar-refractivity contribution is 5.26. The minimum absolute atomic E-state index is 0.106. The van der Waals surface area contributed by atoms with Crippen molar-refractivity contribution in [1.29, 1.82) is 0 Å². The molecule has 0 bridgehead atoms. The Morgan fingerprint density at radius 1 is 0.719 bits per heavy atom. The Labute approximate surface area is 197 Å². The van der Waals surface area contributed by atoms with Crippen LogP contribution in [0.1, 0.15) is 114 Å². The molecule has 0 N–H and O–H groups in total. The maximum Gasteiger partial charge on any atom is 0.0897 e. The van der Waals surface area contributed by atoms with Crippen LogP contribution in [0.25, 0.3) is 0 Å². The molecule has 0 atom stereocenters. The van der Waals surface area contributed by atoms with Gasteiger partial charge in [-0.3, -0.25) is 4.39 Å². The second-order valence-corrected chi connectivity index (χ2v) is 11.4. The Kier molecular flexibility index (Phi) is 9.30. The molecule has 1 aromatic carbocycles. The van der Waals surface area contributed by atoms with Gasteiger partial charge in [0.1, 0.15) is 0 Å². The first-order valence-electron chi connectivity index (χ1n) is 14.0. The van der Waals surface area contributed by atoms with E-state index in [9.17, 15) is 4.39 Å². The number of aryl methyl sites for hydroxylation is 1. The van der Waals surface area contributed by atoms with Gasteiger partial charge in [-0.05, 0) is 137 Å². The van der Waals surface area contributed by atoms with E-state index in [0.717, 1.165) is 42.4 Å². The van der Waals surface area contributed by atoms with Gasteiger partial charge in [0.05, 0.1) is 6.67 Å². The SMILES string of the molecule is CC=CCCc1ccc(C2CCC(C3CCC(C4CCC(CCF)CC4)CC3)CC2)cc1. The van der Waals surface area contributed by atoms with Gasteiger partial charge in [0.2, 0.25) is 0 Å². The van der Waals surface area contributed by atoms with Crippen LogP contribution in [0.15, 0.2) is 36.4 Å². The third kappa shape index (κ3) is 6.48. The highest BCUT2D eigenvalue weighted by atomic mass is 19.1. The molecule has 0 amide bonds. The zero-order valence-electron chi connectivity index (χ0n) is 20.6. The van der Waals surface area contributed by atoms with E-state index in [-0.39, 0.29) is 6.67 Å². The molecule has 0 aliphatic heterocycles. The van der Waals surface area contributed by atoms with Gasteiger partial charge >= 0.3 is 0 Å². The molecule has 0 nitrogen and oxygen atoms in total. The number of rotatable bonds is 8. The number of hydrogen-bond acceptors (Lipinski definition) is 0. The Hall–Kier alpha value is -1.11. The Balaban J connectivity index is 1.17. The van der Waals surface area contributed by atoms with Crippen molar-refractivity contribution in [3.8, 4) is 0 Å². The molecule has 0 unspecified atom stereocenters. The van der Waals surface area contributed by atoms with E-state index >= 15 is 0 Å². The van der Waals surface area contributed by atoms with E-state index < -0.39 is 0 Å². The first-order chi connectivity index (χ1) is 15.8. The summed E-state index contributed by atoms with van der Waals surface area (Å²) in [4.78, 5) is 0. The van der Waals surface area contributed by atoms with Crippen molar-refractivity contribution in [3.63, 3.8) is 0 Å². The molecule has 178 valence electrons. The predicted octanol–water partition coefficient (Wildman–Crippen LogP) is 9.44. The first-order valence-corrected chi connectivity index (χ1v) is 14.0. The van der Waals surface area contributed by atoms with Crippen LogP contribution in [0, 0.1) is 29.6 Å². The lowest BCUT2D eigenvalue weighted by Crippen LogP contribution is -2.29. The first kappa shape index (κ1) is 24.0. The van der Waals surface area contributed by atoms with E-state index in [1.54, 1.807) is 5.56 Å². The van der Waals surface area contributed by atoms with E-state index in [1.807, 2.05) is 0 Å². The van der Waals surface area contributed by atoms with Gasteiger partial charge < -0.3 is 0 Å². The second kappa shape index (κ2) is 12.4. The molecule has 0 heterocycles. The average Bonchev–Trinajstić information content (AvgIpc) is 2.86. The van der Waals surface area contributed by atoms with Crippen molar-refractivity contribution >= 4 is 0 Å². The number of halogens is 1. The van der Waals surface area contributed by atoms with Crippen molar-refractivity contribution in [3.05, 3.63) is 47.5 Å². The van der Waals surface area contributed by atoms with Gasteiger partial charge in [-0.1, -0.05) is 49.3 Å². The monoisotopic (exact) mass is 438 g/mol. The zero-order chi connectivity index (χ0) is 22.2. The number of hydrogen-bond donors (Lipinski definition) is 0. The van der Waals surface area contributed by atoms with Gasteiger partial charge in [-0.15, -0.1) is 0 Å². The lowest BCUT2D eigenvalue weighted by atomic mass is 9.64. The van der Waals surface area contributed by atoms with Gasteiger partial charge in [0.25, 0.3) is 0 Å². The van der Waals surface area contributed by atoms with Crippen molar-refractivity contribution < 1.29 is 4.39 Å². The van der Waals surface area contributed by atoms with E-state index in [4.69, 9.17) is 0 Å². The third-order valence-corrected chi connectivity index (χ3v) is 9.62. The summed E-state index contributed by atoms with van der Waals surface area (Å²) in [7, 11) is 0. The molecule has 0 aromatic heterocycles. The zero-order valence-corrected chi connectivity index (χ0v) is 20.6. The summed E-state index contributed by atoms with van der Waals surface area (Å²) in [5.41, 5.74) is 3.07. The quantitative estimate of drug-likeness (QED) is 0.354. The average molecular weight is 439 g/mol. The maximum atomic E-state index is 12.6. The summed E-state index contributed by atoms with van der Waals surface area (Å²) in [5.74, 6) is 5.43. The number of benzene rings is 1. The standard InChI is InChI=1S/C31H47F/c1-2-3-4-5-24-6-10-26(11-7-24)28-14-18-30(19-15-28)31-20-16-29(17-21-31)27-12-8-25(9-13-27)22-23-32/h2-3,6-7,10-11,25,27-31H,4-5,8-9,12-23H2,1H3. The molecule has 4 rings (SSSR count). The van der Waals surface area contributed by atoms with Crippen molar-refractivity contribution in [2.75, 3.05) is 6.67 Å². The molecule has 1 aromatic rings. The van der Waals surface area contributed by atoms with Crippen LogP contribution in [0.3, 0.4) is 0 Å². The highest BCUT2D eigenvalue weighted by Crippen LogP contribution is 2.47. The van der Waals surface area contributed by atoms with Crippen LogP contribution < -0.4 is 0 Å². The van der Waals surface area contributed by atoms with Gasteiger partial charge in [-0.25, -0.2) is 0 Å². The number of alkyl halides is 1. The van der Waals surface area contributed by atoms with Crippen LogP contribution in [-0.4, -0.2) is 6.67 Å². The summed E-state index contributed by atoms with van der Waals surface area (Å²) in [5, 5.41) is 0. The molecular formula is C31H47F. The minimum Gasteiger partial charge on any atom is -0.251 e. The van der Waals surface area contributed by atoms with Crippen LogP contribution in [-0.2, 0) is 6.42 Å². The molecule has 1 heteroatoms. The fourth-order valence-electron chi connectivity index (χ4n) is 7.49. The van der Waals surface area contributed by atoms with E-state index in [1.165, 1.54) is 89.0 Å².